The van der Waals surface area contributed by atoms with Gasteiger partial charge in [-0.25, -0.2) is 13.2 Å². The maximum atomic E-state index is 14.3. The van der Waals surface area contributed by atoms with Crippen LogP contribution < -0.4 is 24.4 Å². The van der Waals surface area contributed by atoms with Gasteiger partial charge in [-0.1, -0.05) is 0 Å². The first kappa shape index (κ1) is 31.2. The first-order valence-electron chi connectivity index (χ1n) is 13.1. The predicted molar refractivity (Wildman–Crippen MR) is 142 cm³/mol. The summed E-state index contributed by atoms with van der Waals surface area (Å²) in [5.41, 5.74) is -2.44. The van der Waals surface area contributed by atoms with Crippen LogP contribution >= 0.6 is 0 Å². The van der Waals surface area contributed by atoms with Gasteiger partial charge in [0.1, 0.15) is 18.5 Å². The number of aliphatic hydroxyl groups excluding tert-OH is 1. The fraction of sp³-hybridized carbons (Fsp3) is 0.560. The molecule has 42 heavy (non-hydrogen) atoms. The van der Waals surface area contributed by atoms with Crippen LogP contribution in [0.4, 0.5) is 29.3 Å². The van der Waals surface area contributed by atoms with Crippen molar-refractivity contribution in [3.8, 4) is 11.6 Å². The van der Waals surface area contributed by atoms with Crippen LogP contribution in [0.1, 0.15) is 39.3 Å². The molecular weight excluding hydrogens is 587 g/mol. The third kappa shape index (κ3) is 6.51. The summed E-state index contributed by atoms with van der Waals surface area (Å²) in [7, 11) is -4.44. The van der Waals surface area contributed by atoms with E-state index in [1.165, 1.54) is 25.1 Å². The molecule has 1 unspecified atom stereocenters. The van der Waals surface area contributed by atoms with E-state index >= 15 is 0 Å². The lowest BCUT2D eigenvalue weighted by atomic mass is 10.1. The summed E-state index contributed by atoms with van der Waals surface area (Å²) in [4.78, 5) is 23.7. The van der Waals surface area contributed by atoms with Crippen molar-refractivity contribution in [3.63, 3.8) is 0 Å². The Morgan fingerprint density at radius 1 is 1.24 bits per heavy atom. The molecule has 17 heteroatoms. The highest BCUT2D eigenvalue weighted by Gasteiger charge is 2.51. The number of hydrogen-bond acceptors (Lipinski definition) is 9. The monoisotopic (exact) mass is 619 g/mol. The zero-order valence-electron chi connectivity index (χ0n) is 23.2. The number of anilines is 2. The third-order valence-electron chi connectivity index (χ3n) is 6.64. The van der Waals surface area contributed by atoms with Crippen LogP contribution in [0, 0.1) is 0 Å². The number of halogens is 3. The van der Waals surface area contributed by atoms with Gasteiger partial charge in [0.25, 0.3) is 15.9 Å². The van der Waals surface area contributed by atoms with Gasteiger partial charge in [0.2, 0.25) is 11.5 Å². The smallest absolute Gasteiger partial charge is 0.427 e. The number of nitrogens with zero attached hydrogens (tertiary/aromatic N) is 3. The Labute approximate surface area is 239 Å². The quantitative estimate of drug-likeness (QED) is 0.383. The van der Waals surface area contributed by atoms with E-state index in [0.29, 0.717) is 38.9 Å². The number of aliphatic hydroxyl groups is 1. The number of ether oxygens (including phenoxy) is 3. The minimum atomic E-state index is -4.83. The Morgan fingerprint density at radius 3 is 2.64 bits per heavy atom. The number of benzene rings is 1. The summed E-state index contributed by atoms with van der Waals surface area (Å²) < 4.78 is 86.8. The predicted octanol–water partition coefficient (Wildman–Crippen LogP) is 2.57. The fourth-order valence-corrected chi connectivity index (χ4v) is 6.27. The van der Waals surface area contributed by atoms with E-state index in [1.807, 2.05) is 0 Å². The highest BCUT2D eigenvalue weighted by molar-refractivity contribution is 7.93. The van der Waals surface area contributed by atoms with Crippen molar-refractivity contribution in [1.82, 2.24) is 15.1 Å². The second-order valence-corrected chi connectivity index (χ2v) is 12.1. The molecule has 2 aromatic rings. The van der Waals surface area contributed by atoms with Gasteiger partial charge in [-0.3, -0.25) is 19.1 Å². The first-order chi connectivity index (χ1) is 19.6. The van der Waals surface area contributed by atoms with Gasteiger partial charge in [0.05, 0.1) is 31.1 Å². The Kier molecular flexibility index (Phi) is 8.82. The van der Waals surface area contributed by atoms with Crippen molar-refractivity contribution >= 4 is 33.4 Å². The van der Waals surface area contributed by atoms with E-state index in [4.69, 9.17) is 9.47 Å². The van der Waals surface area contributed by atoms with E-state index in [0.717, 1.165) is 10.7 Å². The Hall–Kier alpha value is -3.73. The Bertz CT molecular complexity index is 1440. The van der Waals surface area contributed by atoms with Gasteiger partial charge in [-0.2, -0.15) is 13.2 Å². The molecule has 0 saturated carbocycles. The summed E-state index contributed by atoms with van der Waals surface area (Å²) in [6.45, 7) is 2.28. The molecule has 3 heterocycles. The summed E-state index contributed by atoms with van der Waals surface area (Å²) >= 11 is 0. The zero-order valence-corrected chi connectivity index (χ0v) is 24.0. The second-order valence-electron chi connectivity index (χ2n) is 10.3. The van der Waals surface area contributed by atoms with Crippen LogP contribution in [-0.4, -0.2) is 79.5 Å². The number of aryl methyl sites for hydroxylation is 1. The normalized spacial score (nSPS) is 17.0. The van der Waals surface area contributed by atoms with Gasteiger partial charge in [0, 0.05) is 19.2 Å². The van der Waals surface area contributed by atoms with Crippen LogP contribution in [0.3, 0.4) is 0 Å². The Balaban J connectivity index is 1.74. The van der Waals surface area contributed by atoms with Gasteiger partial charge >= 0.3 is 12.3 Å². The molecule has 1 atom stereocenters. The largest absolute Gasteiger partial charge is 0.484 e. The van der Waals surface area contributed by atoms with Gasteiger partial charge in [-0.05, 0) is 51.3 Å². The number of carbonyl (C=O) groups is 2. The minimum absolute atomic E-state index is 0.0224. The molecule has 4 rings (SSSR count). The van der Waals surface area contributed by atoms with E-state index in [9.17, 15) is 36.3 Å². The topological polar surface area (TPSA) is 161 Å². The number of alkyl halides is 3. The van der Waals surface area contributed by atoms with Gasteiger partial charge in [-0.15, -0.1) is 5.10 Å². The SMILES string of the molecule is CC(=O)NCC1CN(S(=O)(=O)c2c(OCCO)nn3c2CCCC3)c2cc(NC(=O)OC(C)(C)C(F)(F)F)ccc2O1. The number of carbonyl (C=O) groups excluding carboxylic acids is 2. The molecule has 3 N–H and O–H groups in total. The van der Waals surface area contributed by atoms with Crippen molar-refractivity contribution in [2.75, 3.05) is 35.9 Å². The molecule has 0 bridgehead atoms. The van der Waals surface area contributed by atoms with E-state index < -0.39 is 34.0 Å². The molecule has 13 nitrogen and oxygen atoms in total. The number of rotatable bonds is 9. The number of sulfonamides is 1. The molecule has 0 aliphatic carbocycles. The standard InChI is InChI=1S/C25H32F3N5O8S/c1-15(35)29-13-17-14-33(42(37,38)21-18-6-4-5-9-32(18)31-22(21)39-11-10-34)19-12-16(7-8-20(19)40-17)30-23(36)41-24(2,3)25(26,27)28/h7-8,12,17,34H,4-6,9-11,13-14H2,1-3H3,(H,29,35)(H,30,36). The molecular formula is C25H32F3N5O8S. The summed E-state index contributed by atoms with van der Waals surface area (Å²) in [5.74, 6) is -0.461. The molecule has 2 aliphatic rings. The van der Waals surface area contributed by atoms with Gasteiger partial charge in [0.15, 0.2) is 4.90 Å². The molecule has 0 saturated heterocycles. The lowest BCUT2D eigenvalue weighted by Gasteiger charge is -2.36. The second kappa shape index (κ2) is 11.9. The van der Waals surface area contributed by atoms with Crippen molar-refractivity contribution in [3.05, 3.63) is 23.9 Å². The highest BCUT2D eigenvalue weighted by atomic mass is 32.2. The zero-order chi connectivity index (χ0) is 30.9. The number of amides is 2. The average molecular weight is 620 g/mol. The molecule has 2 aliphatic heterocycles. The van der Waals surface area contributed by atoms with E-state index in [2.05, 4.69) is 20.5 Å². The summed E-state index contributed by atoms with van der Waals surface area (Å²) in [6, 6.07) is 3.89. The van der Waals surface area contributed by atoms with Crippen LogP contribution in [0.25, 0.3) is 0 Å². The molecule has 1 aromatic heterocycles. The maximum absolute atomic E-state index is 14.3. The summed E-state index contributed by atoms with van der Waals surface area (Å²) in [5, 5.41) is 18.4. The number of aromatic nitrogens is 2. The first-order valence-corrected chi connectivity index (χ1v) is 14.6. The van der Waals surface area contributed by atoms with Crippen molar-refractivity contribution < 1.29 is 50.5 Å². The number of nitrogens with one attached hydrogen (secondary N) is 2. The highest BCUT2D eigenvalue weighted by Crippen LogP contribution is 2.42. The van der Waals surface area contributed by atoms with E-state index in [-0.39, 0.29) is 60.1 Å². The molecule has 2 amide bonds. The van der Waals surface area contributed by atoms with Crippen LogP contribution in [-0.2, 0) is 32.5 Å². The molecule has 0 fully saturated rings. The average Bonchev–Trinajstić information content (AvgIpc) is 3.28. The van der Waals surface area contributed by atoms with Crippen LogP contribution in [0.15, 0.2) is 23.1 Å². The minimum Gasteiger partial charge on any atom is -0.484 e. The fourth-order valence-electron chi connectivity index (χ4n) is 4.46. The number of fused-ring (bicyclic) bond motifs is 2. The lowest BCUT2D eigenvalue weighted by molar-refractivity contribution is -0.242. The van der Waals surface area contributed by atoms with Crippen molar-refractivity contribution in [2.45, 2.75) is 69.4 Å². The maximum Gasteiger partial charge on any atom is 0.427 e. The van der Waals surface area contributed by atoms with Crippen LogP contribution in [0.2, 0.25) is 0 Å². The molecule has 0 spiro atoms. The van der Waals surface area contributed by atoms with Crippen molar-refractivity contribution in [1.29, 1.82) is 0 Å². The third-order valence-corrected chi connectivity index (χ3v) is 8.49. The summed E-state index contributed by atoms with van der Waals surface area (Å²) in [6.07, 6.45) is -5.16. The van der Waals surface area contributed by atoms with Gasteiger partial charge < -0.3 is 24.6 Å². The molecule has 1 aromatic carbocycles. The van der Waals surface area contributed by atoms with Crippen LogP contribution in [0.5, 0.6) is 11.6 Å². The molecule has 232 valence electrons. The van der Waals surface area contributed by atoms with E-state index in [1.54, 1.807) is 4.68 Å². The molecule has 0 radical (unpaired) electrons. The number of hydrogen-bond donors (Lipinski definition) is 3. The van der Waals surface area contributed by atoms with Crippen molar-refractivity contribution in [2.24, 2.45) is 0 Å². The Morgan fingerprint density at radius 2 is 1.98 bits per heavy atom. The lowest BCUT2D eigenvalue weighted by Crippen LogP contribution is -2.48.